The average Bonchev–Trinajstić information content (AvgIpc) is 3.18. The summed E-state index contributed by atoms with van der Waals surface area (Å²) in [7, 11) is 0. The summed E-state index contributed by atoms with van der Waals surface area (Å²) in [6.45, 7) is 11.0. The maximum Gasteiger partial charge on any atom is 0.0480 e. The van der Waals surface area contributed by atoms with Crippen molar-refractivity contribution in [1.29, 1.82) is 0 Å². The minimum absolute atomic E-state index is 0.758. The van der Waals surface area contributed by atoms with E-state index in [4.69, 9.17) is 0 Å². The first-order valence-corrected chi connectivity index (χ1v) is 11.2. The number of benzene rings is 2. The van der Waals surface area contributed by atoms with E-state index in [1.165, 1.54) is 60.9 Å². The molecule has 0 bridgehead atoms. The summed E-state index contributed by atoms with van der Waals surface area (Å²) < 4.78 is 2.42. The van der Waals surface area contributed by atoms with Crippen molar-refractivity contribution >= 4 is 10.9 Å². The fourth-order valence-corrected chi connectivity index (χ4v) is 4.34. The zero-order valence-electron chi connectivity index (χ0n) is 17.9. The summed E-state index contributed by atoms with van der Waals surface area (Å²) >= 11 is 0. The second-order valence-electron chi connectivity index (χ2n) is 7.64. The van der Waals surface area contributed by atoms with Crippen LogP contribution >= 0.6 is 0 Å². The first-order chi connectivity index (χ1) is 13.8. The van der Waals surface area contributed by atoms with Crippen LogP contribution < -0.4 is 0 Å². The highest BCUT2D eigenvalue weighted by molar-refractivity contribution is 5.80. The monoisotopic (exact) mass is 376 g/mol. The number of fused-ring (bicyclic) bond motifs is 1. The Balaban J connectivity index is 0.00000109. The summed E-state index contributed by atoms with van der Waals surface area (Å²) in [5.74, 6) is 0.758. The molecule has 1 aliphatic rings. The van der Waals surface area contributed by atoms with Gasteiger partial charge in [0.25, 0.3) is 0 Å². The SMILES string of the molecule is CC.CCc1ccc2c(ccn2CCCN2CCC(c3ccccc3)CC2)c1. The Bertz CT molecular complexity index is 826. The molecule has 4 rings (SSSR count). The van der Waals surface area contributed by atoms with Crippen molar-refractivity contribution < 1.29 is 0 Å². The molecular formula is C26H36N2. The molecule has 0 unspecified atom stereocenters. The van der Waals surface area contributed by atoms with E-state index in [2.05, 4.69) is 77.2 Å². The molecule has 3 aromatic rings. The van der Waals surface area contributed by atoms with E-state index >= 15 is 0 Å². The standard InChI is InChI=1S/C24H30N2.C2H6/c1-2-20-9-10-24-23(19-20)13-18-26(24)15-6-14-25-16-11-22(12-17-25)21-7-4-3-5-8-21;1-2/h3-5,7-10,13,18-19,22H,2,6,11-12,14-17H2,1H3;1-2H3. The smallest absolute Gasteiger partial charge is 0.0480 e. The molecule has 0 aliphatic carbocycles. The number of hydrogen-bond acceptors (Lipinski definition) is 1. The van der Waals surface area contributed by atoms with Gasteiger partial charge in [-0.3, -0.25) is 0 Å². The van der Waals surface area contributed by atoms with Crippen LogP contribution in [0.4, 0.5) is 0 Å². The number of likely N-dealkylation sites (tertiary alicyclic amines) is 1. The van der Waals surface area contributed by atoms with Crippen LogP contribution in [0.5, 0.6) is 0 Å². The van der Waals surface area contributed by atoms with Crippen molar-refractivity contribution in [2.75, 3.05) is 19.6 Å². The van der Waals surface area contributed by atoms with E-state index in [9.17, 15) is 0 Å². The molecule has 150 valence electrons. The Morgan fingerprint density at radius 2 is 1.64 bits per heavy atom. The molecule has 0 atom stereocenters. The van der Waals surface area contributed by atoms with E-state index in [0.29, 0.717) is 0 Å². The average molecular weight is 377 g/mol. The van der Waals surface area contributed by atoms with Gasteiger partial charge in [-0.2, -0.15) is 0 Å². The Kier molecular flexibility index (Phi) is 7.73. The lowest BCUT2D eigenvalue weighted by molar-refractivity contribution is 0.207. The summed E-state index contributed by atoms with van der Waals surface area (Å²) in [5.41, 5.74) is 4.33. The molecule has 1 aromatic heterocycles. The molecule has 0 N–H and O–H groups in total. The number of piperidine rings is 1. The van der Waals surface area contributed by atoms with Gasteiger partial charge < -0.3 is 9.47 Å². The van der Waals surface area contributed by atoms with Gasteiger partial charge in [-0.25, -0.2) is 0 Å². The first kappa shape index (κ1) is 20.7. The van der Waals surface area contributed by atoms with Crippen LogP contribution in [-0.4, -0.2) is 29.1 Å². The van der Waals surface area contributed by atoms with Gasteiger partial charge in [0.1, 0.15) is 0 Å². The van der Waals surface area contributed by atoms with E-state index in [1.54, 1.807) is 0 Å². The minimum Gasteiger partial charge on any atom is -0.347 e. The van der Waals surface area contributed by atoms with Crippen molar-refractivity contribution in [3.63, 3.8) is 0 Å². The predicted octanol–water partition coefficient (Wildman–Crippen LogP) is 6.50. The highest BCUT2D eigenvalue weighted by atomic mass is 15.1. The van der Waals surface area contributed by atoms with Crippen LogP contribution in [0.2, 0.25) is 0 Å². The predicted molar refractivity (Wildman–Crippen MR) is 122 cm³/mol. The number of aromatic nitrogens is 1. The third-order valence-corrected chi connectivity index (χ3v) is 5.98. The third-order valence-electron chi connectivity index (χ3n) is 5.98. The summed E-state index contributed by atoms with van der Waals surface area (Å²) in [5, 5.41) is 1.38. The fraction of sp³-hybridized carbons (Fsp3) is 0.462. The quantitative estimate of drug-likeness (QED) is 0.477. The molecule has 2 aromatic carbocycles. The lowest BCUT2D eigenvalue weighted by Gasteiger charge is -2.32. The lowest BCUT2D eigenvalue weighted by atomic mass is 9.89. The Morgan fingerprint density at radius 1 is 0.893 bits per heavy atom. The maximum atomic E-state index is 2.65. The lowest BCUT2D eigenvalue weighted by Crippen LogP contribution is -2.34. The van der Waals surface area contributed by atoms with Gasteiger partial charge in [0.15, 0.2) is 0 Å². The summed E-state index contributed by atoms with van der Waals surface area (Å²) in [6.07, 6.45) is 7.20. The van der Waals surface area contributed by atoms with Crippen molar-refractivity contribution in [3.8, 4) is 0 Å². The van der Waals surface area contributed by atoms with Crippen molar-refractivity contribution in [3.05, 3.63) is 71.9 Å². The van der Waals surface area contributed by atoms with Crippen molar-refractivity contribution in [2.24, 2.45) is 0 Å². The highest BCUT2D eigenvalue weighted by Gasteiger charge is 2.19. The Hall–Kier alpha value is -2.06. The van der Waals surface area contributed by atoms with E-state index in [0.717, 1.165) is 18.9 Å². The normalized spacial score (nSPS) is 15.4. The van der Waals surface area contributed by atoms with Gasteiger partial charge in [0.05, 0.1) is 0 Å². The van der Waals surface area contributed by atoms with Crippen LogP contribution in [-0.2, 0) is 13.0 Å². The summed E-state index contributed by atoms with van der Waals surface area (Å²) in [6, 6.07) is 20.2. The number of rotatable bonds is 6. The van der Waals surface area contributed by atoms with Gasteiger partial charge in [-0.05, 0) is 85.9 Å². The molecular weight excluding hydrogens is 340 g/mol. The first-order valence-electron chi connectivity index (χ1n) is 11.2. The van der Waals surface area contributed by atoms with Crippen LogP contribution in [0.15, 0.2) is 60.8 Å². The van der Waals surface area contributed by atoms with Gasteiger partial charge >= 0.3 is 0 Å². The summed E-state index contributed by atoms with van der Waals surface area (Å²) in [4.78, 5) is 2.65. The van der Waals surface area contributed by atoms with Crippen molar-refractivity contribution in [2.45, 2.75) is 58.9 Å². The zero-order chi connectivity index (χ0) is 19.8. The Labute approximate surface area is 171 Å². The molecule has 28 heavy (non-hydrogen) atoms. The molecule has 0 saturated carbocycles. The number of nitrogens with zero attached hydrogens (tertiary/aromatic N) is 2. The molecule has 1 fully saturated rings. The van der Waals surface area contributed by atoms with Gasteiger partial charge in [0.2, 0.25) is 0 Å². The van der Waals surface area contributed by atoms with Crippen LogP contribution in [0.25, 0.3) is 10.9 Å². The van der Waals surface area contributed by atoms with Gasteiger partial charge in [-0.15, -0.1) is 0 Å². The van der Waals surface area contributed by atoms with Crippen molar-refractivity contribution in [1.82, 2.24) is 9.47 Å². The van der Waals surface area contributed by atoms with Crippen LogP contribution in [0, 0.1) is 0 Å². The molecule has 0 spiro atoms. The van der Waals surface area contributed by atoms with Crippen LogP contribution in [0.1, 0.15) is 57.1 Å². The number of aryl methyl sites for hydroxylation is 2. The molecule has 0 amide bonds. The second-order valence-corrected chi connectivity index (χ2v) is 7.64. The Morgan fingerprint density at radius 3 is 2.36 bits per heavy atom. The zero-order valence-corrected chi connectivity index (χ0v) is 17.9. The largest absolute Gasteiger partial charge is 0.347 e. The van der Waals surface area contributed by atoms with E-state index in [1.807, 2.05) is 13.8 Å². The topological polar surface area (TPSA) is 8.17 Å². The molecule has 2 heterocycles. The third kappa shape index (κ3) is 5.05. The molecule has 2 heteroatoms. The maximum absolute atomic E-state index is 2.65. The minimum atomic E-state index is 0.758. The highest BCUT2D eigenvalue weighted by Crippen LogP contribution is 2.27. The van der Waals surface area contributed by atoms with Crippen LogP contribution in [0.3, 0.4) is 0 Å². The molecule has 0 radical (unpaired) electrons. The second kappa shape index (κ2) is 10.5. The fourth-order valence-electron chi connectivity index (χ4n) is 4.34. The van der Waals surface area contributed by atoms with E-state index in [-0.39, 0.29) is 0 Å². The van der Waals surface area contributed by atoms with Gasteiger partial charge in [-0.1, -0.05) is 57.2 Å². The van der Waals surface area contributed by atoms with E-state index < -0.39 is 0 Å². The number of hydrogen-bond donors (Lipinski definition) is 0. The molecule has 1 saturated heterocycles. The molecule has 1 aliphatic heterocycles. The van der Waals surface area contributed by atoms with Gasteiger partial charge in [0, 0.05) is 18.3 Å². The molecule has 2 nitrogen and oxygen atoms in total.